The van der Waals surface area contributed by atoms with Crippen LogP contribution in [0.1, 0.15) is 17.3 Å². The molecule has 6 heteroatoms. The average molecular weight is 241 g/mol. The fraction of sp³-hybridized carbons (Fsp3) is 0.200. The molecule has 1 unspecified atom stereocenters. The second kappa shape index (κ2) is 4.63. The maximum atomic E-state index is 13.6. The molecule has 0 saturated heterocycles. The summed E-state index contributed by atoms with van der Waals surface area (Å²) in [5.74, 6) is -1.71. The molecule has 84 valence electrons. The van der Waals surface area contributed by atoms with Crippen LogP contribution in [-0.4, -0.2) is 16.6 Å². The molecule has 0 aliphatic heterocycles. The van der Waals surface area contributed by atoms with E-state index in [9.17, 15) is 8.78 Å². The molecule has 0 saturated carbocycles. The Balaban J connectivity index is 2.45. The van der Waals surface area contributed by atoms with Crippen LogP contribution in [-0.2, 0) is 0 Å². The van der Waals surface area contributed by atoms with Crippen LogP contribution in [0.15, 0.2) is 23.6 Å². The molecular formula is C10H9F2N3S. The molecule has 3 nitrogen and oxygen atoms in total. The third kappa shape index (κ3) is 1.94. The van der Waals surface area contributed by atoms with Crippen molar-refractivity contribution in [3.8, 4) is 0 Å². The summed E-state index contributed by atoms with van der Waals surface area (Å²) in [7, 11) is 1.66. The summed E-state index contributed by atoms with van der Waals surface area (Å²) in [6.07, 6.45) is 0. The van der Waals surface area contributed by atoms with Crippen LogP contribution in [0.4, 0.5) is 8.78 Å². The van der Waals surface area contributed by atoms with E-state index in [2.05, 4.69) is 14.9 Å². The van der Waals surface area contributed by atoms with Crippen molar-refractivity contribution in [2.24, 2.45) is 0 Å². The van der Waals surface area contributed by atoms with Gasteiger partial charge in [0.05, 0.1) is 11.7 Å². The normalized spacial score (nSPS) is 12.7. The Morgan fingerprint density at radius 1 is 1.38 bits per heavy atom. The van der Waals surface area contributed by atoms with Crippen molar-refractivity contribution in [1.29, 1.82) is 0 Å². The van der Waals surface area contributed by atoms with Gasteiger partial charge in [-0.25, -0.2) is 8.78 Å². The molecule has 1 aromatic heterocycles. The van der Waals surface area contributed by atoms with E-state index in [1.54, 1.807) is 12.4 Å². The molecule has 16 heavy (non-hydrogen) atoms. The van der Waals surface area contributed by atoms with Gasteiger partial charge in [0.15, 0.2) is 11.6 Å². The van der Waals surface area contributed by atoms with Gasteiger partial charge < -0.3 is 5.32 Å². The minimum atomic E-state index is -0.860. The minimum Gasteiger partial charge on any atom is -0.308 e. The molecule has 0 fully saturated rings. The van der Waals surface area contributed by atoms with Gasteiger partial charge in [0.1, 0.15) is 0 Å². The van der Waals surface area contributed by atoms with E-state index in [4.69, 9.17) is 0 Å². The number of hydrogen-bond donors (Lipinski definition) is 1. The Morgan fingerprint density at radius 3 is 2.81 bits per heavy atom. The van der Waals surface area contributed by atoms with Gasteiger partial charge in [-0.1, -0.05) is 16.6 Å². The zero-order valence-electron chi connectivity index (χ0n) is 8.45. The average Bonchev–Trinajstić information content (AvgIpc) is 2.79. The zero-order valence-corrected chi connectivity index (χ0v) is 9.26. The van der Waals surface area contributed by atoms with E-state index in [0.717, 1.165) is 6.07 Å². The Labute approximate surface area is 95.3 Å². The molecule has 1 heterocycles. The van der Waals surface area contributed by atoms with Crippen molar-refractivity contribution < 1.29 is 8.78 Å². The molecule has 1 N–H and O–H groups in total. The standard InChI is InChI=1S/C10H9F2N3S/c1-13-10(8-5-16-15-14-8)6-3-2-4-7(11)9(6)12/h2-5,10,13H,1H3. The lowest BCUT2D eigenvalue weighted by Gasteiger charge is -2.14. The molecule has 0 amide bonds. The lowest BCUT2D eigenvalue weighted by Crippen LogP contribution is -2.19. The van der Waals surface area contributed by atoms with E-state index in [0.29, 0.717) is 5.69 Å². The molecule has 0 bridgehead atoms. The predicted octanol–water partition coefficient (Wildman–Crippen LogP) is 2.13. The highest BCUT2D eigenvalue weighted by Gasteiger charge is 2.20. The number of rotatable bonds is 3. The first-order valence-corrected chi connectivity index (χ1v) is 5.46. The molecule has 0 aliphatic rings. The van der Waals surface area contributed by atoms with Crippen LogP contribution in [0.3, 0.4) is 0 Å². The monoisotopic (exact) mass is 241 g/mol. The number of nitrogens with zero attached hydrogens (tertiary/aromatic N) is 2. The van der Waals surface area contributed by atoms with Gasteiger partial charge in [-0.15, -0.1) is 5.10 Å². The topological polar surface area (TPSA) is 37.8 Å². The first-order valence-electron chi connectivity index (χ1n) is 4.62. The Bertz CT molecular complexity index is 473. The summed E-state index contributed by atoms with van der Waals surface area (Å²) in [5, 5.41) is 8.44. The largest absolute Gasteiger partial charge is 0.308 e. The van der Waals surface area contributed by atoms with Crippen LogP contribution in [0.5, 0.6) is 0 Å². The highest BCUT2D eigenvalue weighted by Crippen LogP contribution is 2.24. The van der Waals surface area contributed by atoms with Gasteiger partial charge in [-0.2, -0.15) is 0 Å². The molecule has 0 aliphatic carbocycles. The molecule has 2 rings (SSSR count). The van der Waals surface area contributed by atoms with Crippen molar-refractivity contribution in [1.82, 2.24) is 14.9 Å². The number of nitrogens with one attached hydrogen (secondary N) is 1. The summed E-state index contributed by atoms with van der Waals surface area (Å²) >= 11 is 1.17. The molecule has 0 radical (unpaired) electrons. The van der Waals surface area contributed by atoms with Crippen molar-refractivity contribution in [3.63, 3.8) is 0 Å². The highest BCUT2D eigenvalue weighted by atomic mass is 32.1. The van der Waals surface area contributed by atoms with Crippen molar-refractivity contribution >= 4 is 11.5 Å². The summed E-state index contributed by atoms with van der Waals surface area (Å²) < 4.78 is 30.4. The van der Waals surface area contributed by atoms with Crippen LogP contribution in [0.25, 0.3) is 0 Å². The van der Waals surface area contributed by atoms with Crippen molar-refractivity contribution in [2.45, 2.75) is 6.04 Å². The van der Waals surface area contributed by atoms with Gasteiger partial charge in [0.2, 0.25) is 0 Å². The van der Waals surface area contributed by atoms with E-state index in [-0.39, 0.29) is 5.56 Å². The molecular weight excluding hydrogens is 232 g/mol. The van der Waals surface area contributed by atoms with Gasteiger partial charge >= 0.3 is 0 Å². The number of hydrogen-bond acceptors (Lipinski definition) is 4. The SMILES string of the molecule is CNC(c1csnn1)c1cccc(F)c1F. The molecule has 1 atom stereocenters. The van der Waals surface area contributed by atoms with Crippen molar-refractivity contribution in [2.75, 3.05) is 7.05 Å². The number of halogens is 2. The Hall–Kier alpha value is -1.40. The number of benzene rings is 1. The second-order valence-electron chi connectivity index (χ2n) is 3.19. The minimum absolute atomic E-state index is 0.232. The molecule has 0 spiro atoms. The van der Waals surface area contributed by atoms with Gasteiger partial charge in [0, 0.05) is 10.9 Å². The summed E-state index contributed by atoms with van der Waals surface area (Å²) in [6.45, 7) is 0. The fourth-order valence-electron chi connectivity index (χ4n) is 1.50. The Kier molecular flexibility index (Phi) is 3.21. The summed E-state index contributed by atoms with van der Waals surface area (Å²) in [6, 6.07) is 3.61. The van der Waals surface area contributed by atoms with E-state index >= 15 is 0 Å². The first-order chi connectivity index (χ1) is 7.74. The zero-order chi connectivity index (χ0) is 11.5. The third-order valence-corrected chi connectivity index (χ3v) is 2.78. The second-order valence-corrected chi connectivity index (χ2v) is 3.80. The highest BCUT2D eigenvalue weighted by molar-refractivity contribution is 7.03. The lowest BCUT2D eigenvalue weighted by atomic mass is 10.0. The van der Waals surface area contributed by atoms with E-state index in [1.807, 2.05) is 0 Å². The molecule has 1 aromatic carbocycles. The van der Waals surface area contributed by atoms with Crippen LogP contribution >= 0.6 is 11.5 Å². The summed E-state index contributed by atoms with van der Waals surface area (Å²) in [5.41, 5.74) is 0.812. The van der Waals surface area contributed by atoms with Crippen LogP contribution < -0.4 is 5.32 Å². The third-order valence-electron chi connectivity index (χ3n) is 2.25. The smallest absolute Gasteiger partial charge is 0.163 e. The fourth-order valence-corrected chi connectivity index (χ4v) is 1.98. The van der Waals surface area contributed by atoms with Crippen molar-refractivity contribution in [3.05, 3.63) is 46.5 Å². The Morgan fingerprint density at radius 2 is 2.19 bits per heavy atom. The van der Waals surface area contributed by atoms with E-state index < -0.39 is 17.7 Å². The van der Waals surface area contributed by atoms with E-state index in [1.165, 1.54) is 23.7 Å². The molecule has 2 aromatic rings. The first kappa shape index (κ1) is 11.1. The van der Waals surface area contributed by atoms with Gasteiger partial charge in [-0.05, 0) is 24.6 Å². The van der Waals surface area contributed by atoms with Crippen LogP contribution in [0, 0.1) is 11.6 Å². The van der Waals surface area contributed by atoms with Gasteiger partial charge in [-0.3, -0.25) is 0 Å². The number of aromatic nitrogens is 2. The predicted molar refractivity (Wildman–Crippen MR) is 57.2 cm³/mol. The van der Waals surface area contributed by atoms with Gasteiger partial charge in [0.25, 0.3) is 0 Å². The lowest BCUT2D eigenvalue weighted by molar-refractivity contribution is 0.485. The summed E-state index contributed by atoms with van der Waals surface area (Å²) in [4.78, 5) is 0. The van der Waals surface area contributed by atoms with Crippen LogP contribution in [0.2, 0.25) is 0 Å². The maximum absolute atomic E-state index is 13.6. The maximum Gasteiger partial charge on any atom is 0.163 e. The quantitative estimate of drug-likeness (QED) is 0.894.